The summed E-state index contributed by atoms with van der Waals surface area (Å²) in [5, 5.41) is 9.84. The zero-order valence-corrected chi connectivity index (χ0v) is 35.5. The Hall–Kier alpha value is -4.39. The molecule has 9 nitrogen and oxygen atoms in total. The van der Waals surface area contributed by atoms with Crippen LogP contribution in [0.3, 0.4) is 0 Å². The zero-order chi connectivity index (χ0) is 40.9. The van der Waals surface area contributed by atoms with Gasteiger partial charge in [-0.2, -0.15) is 0 Å². The van der Waals surface area contributed by atoms with Gasteiger partial charge < -0.3 is 34.0 Å². The Morgan fingerprint density at radius 2 is 1.61 bits per heavy atom. The molecule has 2 saturated heterocycles. The lowest BCUT2D eigenvalue weighted by Gasteiger charge is -2.31. The number of aliphatic hydroxyl groups excluding tert-OH is 1. The first kappa shape index (κ1) is 46.0. The number of nitrogens with zero attached hydrogens (tertiary/aromatic N) is 4. The van der Waals surface area contributed by atoms with Crippen molar-refractivity contribution in [1.82, 2.24) is 0 Å². The molecule has 2 aliphatic rings. The maximum absolute atomic E-state index is 13.1. The number of carbonyl (C=O) groups excluding carboxylic acids is 1. The average molecular weight is 771 g/mol. The van der Waals surface area contributed by atoms with E-state index in [1.165, 1.54) is 47.3 Å². The van der Waals surface area contributed by atoms with Crippen LogP contribution in [0.25, 0.3) is 0 Å². The van der Waals surface area contributed by atoms with E-state index < -0.39 is 6.09 Å². The van der Waals surface area contributed by atoms with E-state index in [1.54, 1.807) is 4.90 Å². The molecule has 5 rings (SSSR count). The summed E-state index contributed by atoms with van der Waals surface area (Å²) >= 11 is 0. The van der Waals surface area contributed by atoms with Gasteiger partial charge in [0.15, 0.2) is 0 Å². The molecule has 2 heterocycles. The number of amides is 1. The molecule has 0 bridgehead atoms. The molecule has 56 heavy (non-hydrogen) atoms. The number of hydrogen-bond acceptors (Lipinski definition) is 8. The van der Waals surface area contributed by atoms with E-state index in [0.717, 1.165) is 75.8 Å². The number of anilines is 4. The van der Waals surface area contributed by atoms with Gasteiger partial charge in [0.1, 0.15) is 12.4 Å². The average Bonchev–Trinajstić information content (AvgIpc) is 3.79. The molecule has 2 aliphatic heterocycles. The highest BCUT2D eigenvalue weighted by molar-refractivity contribution is 5.88. The van der Waals surface area contributed by atoms with Crippen molar-refractivity contribution in [3.63, 3.8) is 0 Å². The van der Waals surface area contributed by atoms with E-state index in [-0.39, 0.29) is 19.1 Å². The third-order valence-electron chi connectivity index (χ3n) is 10.3. The van der Waals surface area contributed by atoms with Crippen LogP contribution < -0.4 is 24.3 Å². The summed E-state index contributed by atoms with van der Waals surface area (Å²) in [7, 11) is 2.11. The lowest BCUT2D eigenvalue weighted by Crippen LogP contribution is -2.37. The van der Waals surface area contributed by atoms with E-state index >= 15 is 0 Å². The normalized spacial score (nSPS) is 14.3. The van der Waals surface area contributed by atoms with Crippen molar-refractivity contribution in [3.05, 3.63) is 77.4 Å². The molecule has 0 aliphatic carbocycles. The maximum atomic E-state index is 13.1. The number of terminal acetylenes is 1. The Morgan fingerprint density at radius 3 is 2.23 bits per heavy atom. The minimum absolute atomic E-state index is 0.148. The summed E-state index contributed by atoms with van der Waals surface area (Å²) in [6.45, 7) is 19.6. The van der Waals surface area contributed by atoms with Crippen LogP contribution in [0.5, 0.6) is 5.75 Å². The van der Waals surface area contributed by atoms with Crippen molar-refractivity contribution in [2.45, 2.75) is 93.2 Å². The fourth-order valence-electron chi connectivity index (χ4n) is 7.34. The summed E-state index contributed by atoms with van der Waals surface area (Å²) in [6.07, 6.45) is 14.5. The first-order chi connectivity index (χ1) is 27.3. The predicted octanol–water partition coefficient (Wildman–Crippen LogP) is 9.57. The first-order valence-corrected chi connectivity index (χ1v) is 20.9. The van der Waals surface area contributed by atoms with Crippen LogP contribution in [-0.4, -0.2) is 77.4 Å². The van der Waals surface area contributed by atoms with Crippen molar-refractivity contribution in [2.75, 3.05) is 85.8 Å². The van der Waals surface area contributed by atoms with Gasteiger partial charge >= 0.3 is 6.09 Å². The van der Waals surface area contributed by atoms with Gasteiger partial charge in [-0.3, -0.25) is 4.90 Å². The standard InChI is InChI=1S/C43H62N4O5.C2H6.C2H2/c1-6-10-34(7-2)27-36-13-14-39(47(21-24-48)43(49)52-31-33(3)4)29-42(36)44(5)30-35-11-16-40(17-12-35)51-32-37-28-38(45-19-8-9-20-45)15-18-41(37)46-22-25-50-26-23-46;2*1-2/h11-18,28-29,33-34,48H,6-10,19-27,30-32H2,1-5H3;1-2H3;1-2H. The number of rotatable bonds is 18. The van der Waals surface area contributed by atoms with E-state index in [9.17, 15) is 9.90 Å². The molecule has 3 aromatic carbocycles. The highest BCUT2D eigenvalue weighted by Crippen LogP contribution is 2.33. The molecule has 308 valence electrons. The Labute approximate surface area is 338 Å². The van der Waals surface area contributed by atoms with Gasteiger partial charge in [0.05, 0.1) is 33.0 Å². The van der Waals surface area contributed by atoms with Crippen molar-refractivity contribution in [1.29, 1.82) is 0 Å². The number of morpholine rings is 1. The van der Waals surface area contributed by atoms with Gasteiger partial charge in [0, 0.05) is 68.1 Å². The molecule has 1 amide bonds. The highest BCUT2D eigenvalue weighted by atomic mass is 16.6. The number of benzene rings is 3. The Bertz CT molecular complexity index is 1580. The topological polar surface area (TPSA) is 77.9 Å². The van der Waals surface area contributed by atoms with Crippen molar-refractivity contribution in [3.8, 4) is 18.6 Å². The SMILES string of the molecule is C#C.CC.CCCC(CC)Cc1ccc(N(CCO)C(=O)OCC(C)C)cc1N(C)Cc1ccc(OCc2cc(N3CCCC3)ccc2N2CCOCC2)cc1. The number of hydrogen-bond donors (Lipinski definition) is 1. The van der Waals surface area contributed by atoms with Crippen LogP contribution in [0.4, 0.5) is 27.5 Å². The van der Waals surface area contributed by atoms with E-state index in [1.807, 2.05) is 33.8 Å². The second-order valence-corrected chi connectivity index (χ2v) is 14.8. The Morgan fingerprint density at radius 1 is 0.911 bits per heavy atom. The highest BCUT2D eigenvalue weighted by Gasteiger charge is 2.22. The van der Waals surface area contributed by atoms with Gasteiger partial charge in [0.25, 0.3) is 0 Å². The maximum Gasteiger partial charge on any atom is 0.414 e. The lowest BCUT2D eigenvalue weighted by molar-refractivity contribution is 0.122. The second kappa shape index (κ2) is 25.0. The van der Waals surface area contributed by atoms with Crippen LogP contribution in [0.1, 0.15) is 90.3 Å². The van der Waals surface area contributed by atoms with Crippen LogP contribution in [-0.2, 0) is 29.0 Å². The summed E-state index contributed by atoms with van der Waals surface area (Å²) in [5.74, 6) is 1.66. The van der Waals surface area contributed by atoms with Gasteiger partial charge in [-0.1, -0.05) is 79.0 Å². The Balaban J connectivity index is 0.00000204. The quantitative estimate of drug-likeness (QED) is 0.128. The molecule has 0 spiro atoms. The van der Waals surface area contributed by atoms with Crippen LogP contribution in [0, 0.1) is 24.7 Å². The molecule has 0 aromatic heterocycles. The van der Waals surface area contributed by atoms with Gasteiger partial charge in [-0.15, -0.1) is 12.8 Å². The van der Waals surface area contributed by atoms with Gasteiger partial charge in [0.2, 0.25) is 0 Å². The number of ether oxygens (including phenoxy) is 3. The molecule has 0 saturated carbocycles. The van der Waals surface area contributed by atoms with Crippen molar-refractivity contribution < 1.29 is 24.1 Å². The molecule has 0 radical (unpaired) electrons. The molecule has 9 heteroatoms. The molecular weight excluding hydrogens is 701 g/mol. The van der Waals surface area contributed by atoms with Crippen LogP contribution in [0.15, 0.2) is 60.7 Å². The van der Waals surface area contributed by atoms with E-state index in [4.69, 9.17) is 14.2 Å². The fourth-order valence-corrected chi connectivity index (χ4v) is 7.34. The minimum Gasteiger partial charge on any atom is -0.489 e. The van der Waals surface area contributed by atoms with Crippen molar-refractivity contribution >= 4 is 28.8 Å². The molecule has 1 unspecified atom stereocenters. The molecule has 2 fully saturated rings. The molecule has 1 atom stereocenters. The van der Waals surface area contributed by atoms with E-state index in [0.29, 0.717) is 25.7 Å². The van der Waals surface area contributed by atoms with Crippen LogP contribution >= 0.6 is 0 Å². The van der Waals surface area contributed by atoms with Gasteiger partial charge in [-0.25, -0.2) is 4.79 Å². The van der Waals surface area contributed by atoms with Gasteiger partial charge in [-0.05, 0) is 84.7 Å². The molecule has 1 N–H and O–H groups in total. The first-order valence-electron chi connectivity index (χ1n) is 20.9. The minimum atomic E-state index is -0.433. The summed E-state index contributed by atoms with van der Waals surface area (Å²) < 4.78 is 17.7. The lowest BCUT2D eigenvalue weighted by atomic mass is 9.91. The van der Waals surface area contributed by atoms with Crippen molar-refractivity contribution in [2.24, 2.45) is 11.8 Å². The monoisotopic (exact) mass is 771 g/mol. The number of carbonyl (C=O) groups is 1. The smallest absolute Gasteiger partial charge is 0.414 e. The predicted molar refractivity (Wildman–Crippen MR) is 234 cm³/mol. The summed E-state index contributed by atoms with van der Waals surface area (Å²) in [6, 6.07) is 21.5. The van der Waals surface area contributed by atoms with Crippen LogP contribution in [0.2, 0.25) is 0 Å². The Kier molecular flexibility index (Phi) is 20.5. The fraction of sp³-hybridized carbons (Fsp3) is 0.553. The van der Waals surface area contributed by atoms with E-state index in [2.05, 4.69) is 103 Å². The third-order valence-corrected chi connectivity index (χ3v) is 10.3. The molecular formula is C47H70N4O5. The summed E-state index contributed by atoms with van der Waals surface area (Å²) in [5.41, 5.74) is 7.96. The third kappa shape index (κ3) is 13.7. The zero-order valence-electron chi connectivity index (χ0n) is 35.5. The largest absolute Gasteiger partial charge is 0.489 e. The second-order valence-electron chi connectivity index (χ2n) is 14.8. The summed E-state index contributed by atoms with van der Waals surface area (Å²) in [4.78, 5) is 21.8. The number of aliphatic hydroxyl groups is 1. The molecule has 3 aromatic rings.